The van der Waals surface area contributed by atoms with Gasteiger partial charge in [0.25, 0.3) is 5.91 Å². The van der Waals surface area contributed by atoms with Gasteiger partial charge in [0.1, 0.15) is 0 Å². The highest BCUT2D eigenvalue weighted by Gasteiger charge is 2.37. The van der Waals surface area contributed by atoms with Gasteiger partial charge in [-0.3, -0.25) is 4.79 Å². The lowest BCUT2D eigenvalue weighted by molar-refractivity contribution is 0.0994. The van der Waals surface area contributed by atoms with Crippen molar-refractivity contribution in [1.29, 1.82) is 0 Å². The van der Waals surface area contributed by atoms with Gasteiger partial charge in [-0.2, -0.15) is 4.31 Å². The van der Waals surface area contributed by atoms with Crippen LogP contribution in [0.4, 0.5) is 5.69 Å². The first-order chi connectivity index (χ1) is 12.0. The molecule has 2 heterocycles. The van der Waals surface area contributed by atoms with Crippen LogP contribution in [-0.2, 0) is 10.0 Å². The fourth-order valence-electron chi connectivity index (χ4n) is 3.99. The zero-order valence-electron chi connectivity index (χ0n) is 14.0. The van der Waals surface area contributed by atoms with E-state index in [0.717, 1.165) is 12.1 Å². The normalized spacial score (nSPS) is 20.8. The first-order valence-electron chi connectivity index (χ1n) is 8.51. The van der Waals surface area contributed by atoms with Gasteiger partial charge in [0, 0.05) is 35.5 Å². The Morgan fingerprint density at radius 2 is 2.04 bits per heavy atom. The van der Waals surface area contributed by atoms with E-state index < -0.39 is 10.0 Å². The molecule has 1 amide bonds. The Kier molecular flexibility index (Phi) is 3.82. The van der Waals surface area contributed by atoms with Gasteiger partial charge >= 0.3 is 0 Å². The molecule has 2 aliphatic rings. The average molecular weight is 360 g/mol. The van der Waals surface area contributed by atoms with Crippen molar-refractivity contribution in [2.24, 2.45) is 0 Å². The van der Waals surface area contributed by atoms with Crippen LogP contribution in [0.5, 0.6) is 0 Å². The second kappa shape index (κ2) is 5.79. The maximum atomic E-state index is 13.2. The van der Waals surface area contributed by atoms with Crippen molar-refractivity contribution >= 4 is 32.4 Å². The van der Waals surface area contributed by atoms with Gasteiger partial charge in [0.15, 0.2) is 0 Å². The predicted molar refractivity (Wildman–Crippen MR) is 95.3 cm³/mol. The number of hydrogen-bond acceptors (Lipinski definition) is 4. The topological polar surface area (TPSA) is 77.9 Å². The van der Waals surface area contributed by atoms with Crippen LogP contribution in [0.3, 0.4) is 0 Å². The third-order valence-electron chi connectivity index (χ3n) is 5.18. The lowest BCUT2D eigenvalue weighted by Gasteiger charge is -2.23. The summed E-state index contributed by atoms with van der Waals surface area (Å²) in [7, 11) is -3.73. The SMILES string of the molecule is CCN1C(=O)c2cccc3c(S(=O)(=O)N4CCC[C@@H]4CO)ccc1c23. The number of amides is 1. The van der Waals surface area contributed by atoms with Crippen LogP contribution in [0.2, 0.25) is 0 Å². The molecular formula is C18H20N2O4S. The standard InChI is InChI=1S/C18H20N2O4S/c1-2-19-15-8-9-16(13-6-3-7-14(17(13)15)18(19)22)25(23,24)20-10-4-5-12(20)11-21/h3,6-9,12,21H,2,4-5,10-11H2,1H3/t12-/m1/s1. The van der Waals surface area contributed by atoms with Crippen LogP contribution >= 0.6 is 0 Å². The van der Waals surface area contributed by atoms with Gasteiger partial charge in [0.2, 0.25) is 10.0 Å². The molecule has 4 rings (SSSR count). The van der Waals surface area contributed by atoms with E-state index >= 15 is 0 Å². The molecule has 1 fully saturated rings. The Hall–Kier alpha value is -1.96. The number of benzene rings is 2. The van der Waals surface area contributed by atoms with E-state index in [2.05, 4.69) is 0 Å². The Balaban J connectivity index is 1.94. The molecule has 6 nitrogen and oxygen atoms in total. The van der Waals surface area contributed by atoms with Gasteiger partial charge < -0.3 is 10.0 Å². The fourth-order valence-corrected chi connectivity index (χ4v) is 5.87. The predicted octanol–water partition coefficient (Wildman–Crippen LogP) is 1.97. The van der Waals surface area contributed by atoms with E-state index in [4.69, 9.17) is 0 Å². The minimum absolute atomic E-state index is 0.0907. The van der Waals surface area contributed by atoms with Crippen molar-refractivity contribution in [3.05, 3.63) is 35.9 Å². The molecule has 0 spiro atoms. The van der Waals surface area contributed by atoms with Crippen LogP contribution < -0.4 is 4.90 Å². The zero-order valence-corrected chi connectivity index (χ0v) is 14.8. The molecule has 1 atom stereocenters. The smallest absolute Gasteiger partial charge is 0.258 e. The number of hydrogen-bond donors (Lipinski definition) is 1. The van der Waals surface area contributed by atoms with E-state index in [9.17, 15) is 18.3 Å². The highest BCUT2D eigenvalue weighted by molar-refractivity contribution is 7.89. The molecule has 0 unspecified atom stereocenters. The number of rotatable bonds is 4. The van der Waals surface area contributed by atoms with Crippen LogP contribution in [-0.4, -0.2) is 49.5 Å². The Bertz CT molecular complexity index is 970. The van der Waals surface area contributed by atoms with Crippen molar-refractivity contribution in [3.8, 4) is 0 Å². The molecule has 2 aromatic carbocycles. The monoisotopic (exact) mass is 360 g/mol. The van der Waals surface area contributed by atoms with Crippen molar-refractivity contribution in [3.63, 3.8) is 0 Å². The molecule has 2 aliphatic heterocycles. The summed E-state index contributed by atoms with van der Waals surface area (Å²) in [6, 6.07) is 8.16. The lowest BCUT2D eigenvalue weighted by Crippen LogP contribution is -2.37. The fraction of sp³-hybridized carbons (Fsp3) is 0.389. The highest BCUT2D eigenvalue weighted by Crippen LogP contribution is 2.41. The summed E-state index contributed by atoms with van der Waals surface area (Å²) in [6.07, 6.45) is 1.41. The van der Waals surface area contributed by atoms with Crippen molar-refractivity contribution in [2.75, 3.05) is 24.6 Å². The molecule has 1 N–H and O–H groups in total. The van der Waals surface area contributed by atoms with Crippen LogP contribution in [0, 0.1) is 0 Å². The van der Waals surface area contributed by atoms with Gasteiger partial charge in [-0.15, -0.1) is 0 Å². The lowest BCUT2D eigenvalue weighted by atomic mass is 10.1. The molecular weight excluding hydrogens is 340 g/mol. The second-order valence-electron chi connectivity index (χ2n) is 6.45. The number of carbonyl (C=O) groups excluding carboxylic acids is 1. The number of carbonyl (C=O) groups is 1. The molecule has 1 saturated heterocycles. The molecule has 0 aliphatic carbocycles. The zero-order chi connectivity index (χ0) is 17.8. The van der Waals surface area contributed by atoms with Gasteiger partial charge in [0.05, 0.1) is 17.2 Å². The first kappa shape index (κ1) is 16.5. The first-order valence-corrected chi connectivity index (χ1v) is 9.95. The number of anilines is 1. The summed E-state index contributed by atoms with van der Waals surface area (Å²) in [5.74, 6) is -0.0907. The quantitative estimate of drug-likeness (QED) is 0.904. The molecule has 7 heteroatoms. The Morgan fingerprint density at radius 1 is 1.24 bits per heavy atom. The summed E-state index contributed by atoms with van der Waals surface area (Å²) in [5, 5.41) is 10.8. The number of nitrogens with zero attached hydrogens (tertiary/aromatic N) is 2. The summed E-state index contributed by atoms with van der Waals surface area (Å²) in [6.45, 7) is 2.67. The van der Waals surface area contributed by atoms with E-state index in [-0.39, 0.29) is 23.5 Å². The second-order valence-corrected chi connectivity index (χ2v) is 8.31. The largest absolute Gasteiger partial charge is 0.395 e. The van der Waals surface area contributed by atoms with Gasteiger partial charge in [-0.25, -0.2) is 8.42 Å². The summed E-state index contributed by atoms with van der Waals surface area (Å²) in [4.78, 5) is 14.4. The molecule has 132 valence electrons. The van der Waals surface area contributed by atoms with Crippen molar-refractivity contribution in [2.45, 2.75) is 30.7 Å². The third-order valence-corrected chi connectivity index (χ3v) is 7.19. The molecule has 0 aromatic heterocycles. The van der Waals surface area contributed by atoms with Gasteiger partial charge in [-0.1, -0.05) is 12.1 Å². The average Bonchev–Trinajstić information content (AvgIpc) is 3.20. The number of aliphatic hydroxyl groups is 1. The molecule has 0 radical (unpaired) electrons. The van der Waals surface area contributed by atoms with Crippen LogP contribution in [0.15, 0.2) is 35.2 Å². The highest BCUT2D eigenvalue weighted by atomic mass is 32.2. The molecule has 25 heavy (non-hydrogen) atoms. The maximum absolute atomic E-state index is 13.2. The van der Waals surface area contributed by atoms with Crippen molar-refractivity contribution in [1.82, 2.24) is 4.31 Å². The van der Waals surface area contributed by atoms with Crippen LogP contribution in [0.25, 0.3) is 10.8 Å². The number of sulfonamides is 1. The molecule has 0 saturated carbocycles. The maximum Gasteiger partial charge on any atom is 0.258 e. The molecule has 2 aromatic rings. The van der Waals surface area contributed by atoms with E-state index in [1.807, 2.05) is 6.92 Å². The molecule has 0 bridgehead atoms. The summed E-state index contributed by atoms with van der Waals surface area (Å²) in [5.41, 5.74) is 1.31. The van der Waals surface area contributed by atoms with Crippen LogP contribution in [0.1, 0.15) is 30.1 Å². The van der Waals surface area contributed by atoms with Crippen molar-refractivity contribution < 1.29 is 18.3 Å². The van der Waals surface area contributed by atoms with E-state index in [0.29, 0.717) is 35.8 Å². The third kappa shape index (κ3) is 2.23. The van der Waals surface area contributed by atoms with Gasteiger partial charge in [-0.05, 0) is 38.0 Å². The summed E-state index contributed by atoms with van der Waals surface area (Å²) < 4.78 is 27.8. The Morgan fingerprint density at radius 3 is 2.76 bits per heavy atom. The minimum Gasteiger partial charge on any atom is -0.395 e. The summed E-state index contributed by atoms with van der Waals surface area (Å²) >= 11 is 0. The Labute approximate surface area is 146 Å². The number of aliphatic hydroxyl groups excluding tert-OH is 1. The van der Waals surface area contributed by atoms with E-state index in [1.54, 1.807) is 35.2 Å². The van der Waals surface area contributed by atoms with E-state index in [1.165, 1.54) is 4.31 Å². The minimum atomic E-state index is -3.73.